The third kappa shape index (κ3) is 3.51. The Morgan fingerprint density at radius 2 is 1.24 bits per heavy atom. The van der Waals surface area contributed by atoms with E-state index in [1.165, 1.54) is 0 Å². The topological polar surface area (TPSA) is 46.5 Å². The molecule has 3 heterocycles. The summed E-state index contributed by atoms with van der Waals surface area (Å²) in [4.78, 5) is 13.5. The lowest BCUT2D eigenvalue weighted by Gasteiger charge is -2.38. The smallest absolute Gasteiger partial charge is 0.160 e. The van der Waals surface area contributed by atoms with Gasteiger partial charge in [0, 0.05) is 22.7 Å². The lowest BCUT2D eigenvalue weighted by Crippen LogP contribution is -2.37. The predicted octanol–water partition coefficient (Wildman–Crippen LogP) is 8.18. The summed E-state index contributed by atoms with van der Waals surface area (Å²) in [5.74, 6) is 0. The van der Waals surface area contributed by atoms with Crippen LogP contribution in [0.1, 0.15) is 16.7 Å². The number of hydrogen-bond acceptors (Lipinski definition) is 2. The highest BCUT2D eigenvalue weighted by Crippen LogP contribution is 2.44. The molecule has 0 bridgehead atoms. The van der Waals surface area contributed by atoms with Crippen molar-refractivity contribution in [2.75, 3.05) is 0 Å². The van der Waals surface area contributed by atoms with E-state index in [1.807, 2.05) is 6.07 Å². The highest BCUT2D eigenvalue weighted by Gasteiger charge is 2.40. The van der Waals surface area contributed by atoms with Gasteiger partial charge in [0.1, 0.15) is 15.7 Å². The molecule has 3 aromatic heterocycles. The number of para-hydroxylation sites is 1. The van der Waals surface area contributed by atoms with Gasteiger partial charge >= 0.3 is 0 Å². The first-order chi connectivity index (χ1) is 18.7. The fraction of sp³-hybridized carbons (Fsp3) is 0.0303. The Morgan fingerprint density at radius 1 is 0.684 bits per heavy atom. The summed E-state index contributed by atoms with van der Waals surface area (Å²) in [5.41, 5.74) is 7.46. The molecule has 0 radical (unpaired) electrons. The van der Waals surface area contributed by atoms with Crippen molar-refractivity contribution < 1.29 is 0 Å². The first kappa shape index (κ1) is 22.7. The summed E-state index contributed by atoms with van der Waals surface area (Å²) in [6.45, 7) is 0. The number of rotatable bonds is 5. The molecule has 4 aromatic carbocycles. The Kier molecular flexibility index (Phi) is 5.45. The van der Waals surface area contributed by atoms with Gasteiger partial charge < -0.3 is 9.55 Å². The molecule has 1 N–H and O–H groups in total. The minimum absolute atomic E-state index is 0.686. The first-order valence-electron chi connectivity index (χ1n) is 12.5. The second kappa shape index (κ2) is 9.12. The van der Waals surface area contributed by atoms with E-state index >= 15 is 0 Å². The maximum absolute atomic E-state index is 4.96. The molecule has 0 unspecified atom stereocenters. The van der Waals surface area contributed by atoms with Crippen LogP contribution >= 0.6 is 15.9 Å². The first-order valence-corrected chi connectivity index (χ1v) is 13.3. The molecule has 0 spiro atoms. The van der Waals surface area contributed by atoms with Crippen molar-refractivity contribution in [3.8, 4) is 11.3 Å². The lowest BCUT2D eigenvalue weighted by molar-refractivity contribution is 0.530. The van der Waals surface area contributed by atoms with Crippen molar-refractivity contribution in [1.82, 2.24) is 19.5 Å². The van der Waals surface area contributed by atoms with Crippen LogP contribution in [0.25, 0.3) is 33.3 Å². The maximum Gasteiger partial charge on any atom is 0.160 e. The van der Waals surface area contributed by atoms with Crippen LogP contribution in [-0.2, 0) is 5.54 Å². The predicted molar refractivity (Wildman–Crippen MR) is 157 cm³/mol. The molecule has 0 aliphatic carbocycles. The van der Waals surface area contributed by atoms with E-state index in [4.69, 9.17) is 9.97 Å². The maximum atomic E-state index is 4.96. The average Bonchev–Trinajstić information content (AvgIpc) is 3.57. The number of nitrogens with one attached hydrogen (secondary N) is 1. The van der Waals surface area contributed by atoms with Crippen molar-refractivity contribution in [2.45, 2.75) is 5.54 Å². The quantitative estimate of drug-likeness (QED) is 0.218. The fourth-order valence-electron chi connectivity index (χ4n) is 5.60. The molecule has 38 heavy (non-hydrogen) atoms. The largest absolute Gasteiger partial charge is 0.354 e. The molecule has 0 aliphatic rings. The summed E-state index contributed by atoms with van der Waals surface area (Å²) in [5, 5.41) is 1.16. The highest BCUT2D eigenvalue weighted by molar-refractivity contribution is 9.10. The van der Waals surface area contributed by atoms with Gasteiger partial charge in [-0.1, -0.05) is 109 Å². The molecular weight excluding hydrogens is 532 g/mol. The number of aromatic nitrogens is 4. The van der Waals surface area contributed by atoms with E-state index in [2.05, 4.69) is 147 Å². The minimum Gasteiger partial charge on any atom is -0.354 e. The van der Waals surface area contributed by atoms with E-state index in [0.717, 1.165) is 50.0 Å². The van der Waals surface area contributed by atoms with Gasteiger partial charge in [0.25, 0.3) is 0 Å². The van der Waals surface area contributed by atoms with Gasteiger partial charge in [-0.2, -0.15) is 0 Å². The van der Waals surface area contributed by atoms with Gasteiger partial charge in [-0.3, -0.25) is 0 Å². The van der Waals surface area contributed by atoms with Gasteiger partial charge in [-0.05, 0) is 44.8 Å². The molecule has 7 aromatic rings. The van der Waals surface area contributed by atoms with Crippen LogP contribution in [0.15, 0.2) is 138 Å². The van der Waals surface area contributed by atoms with Crippen LogP contribution in [0.3, 0.4) is 0 Å². The zero-order valence-corrected chi connectivity index (χ0v) is 22.0. The lowest BCUT2D eigenvalue weighted by atomic mass is 9.76. The van der Waals surface area contributed by atoms with Gasteiger partial charge in [0.15, 0.2) is 5.65 Å². The van der Waals surface area contributed by atoms with Gasteiger partial charge in [0.2, 0.25) is 0 Å². The molecule has 4 nitrogen and oxygen atoms in total. The Balaban J connectivity index is 1.64. The second-order valence-electron chi connectivity index (χ2n) is 9.36. The molecule has 182 valence electrons. The minimum atomic E-state index is -0.686. The summed E-state index contributed by atoms with van der Waals surface area (Å²) in [7, 11) is 0. The van der Waals surface area contributed by atoms with Crippen LogP contribution < -0.4 is 0 Å². The Bertz CT molecular complexity index is 1740. The second-order valence-corrected chi connectivity index (χ2v) is 10.2. The molecule has 0 saturated heterocycles. The van der Waals surface area contributed by atoms with E-state index in [1.54, 1.807) is 6.20 Å². The van der Waals surface area contributed by atoms with Crippen molar-refractivity contribution >= 4 is 38.0 Å². The van der Waals surface area contributed by atoms with Crippen molar-refractivity contribution in [3.63, 3.8) is 0 Å². The van der Waals surface area contributed by atoms with Gasteiger partial charge in [0.05, 0.1) is 11.9 Å². The standard InChI is InChI=1S/C33H23BrN4/c34-30-21-35-32-31(37-30)27(29-20-23-12-10-11-19-28(23)36-29)22-38(32)33(24-13-4-1-5-14-24,25-15-6-2-7-16-25)26-17-8-3-9-18-26/h1-22,36H. The summed E-state index contributed by atoms with van der Waals surface area (Å²) >= 11 is 3.58. The van der Waals surface area contributed by atoms with E-state index in [-0.39, 0.29) is 0 Å². The summed E-state index contributed by atoms with van der Waals surface area (Å²) < 4.78 is 2.99. The summed E-state index contributed by atoms with van der Waals surface area (Å²) in [6, 6.07) is 42.5. The van der Waals surface area contributed by atoms with Crippen LogP contribution in [0.2, 0.25) is 0 Å². The number of H-pyrrole nitrogens is 1. The molecule has 7 rings (SSSR count). The van der Waals surface area contributed by atoms with E-state index < -0.39 is 5.54 Å². The third-order valence-electron chi connectivity index (χ3n) is 7.22. The van der Waals surface area contributed by atoms with Crippen LogP contribution in [-0.4, -0.2) is 19.5 Å². The number of hydrogen-bond donors (Lipinski definition) is 1. The number of aromatic amines is 1. The molecule has 0 amide bonds. The van der Waals surface area contributed by atoms with E-state index in [9.17, 15) is 0 Å². The van der Waals surface area contributed by atoms with Crippen LogP contribution in [0.4, 0.5) is 0 Å². The number of benzene rings is 4. The van der Waals surface area contributed by atoms with Crippen molar-refractivity contribution in [1.29, 1.82) is 0 Å². The van der Waals surface area contributed by atoms with Crippen LogP contribution in [0.5, 0.6) is 0 Å². The molecule has 0 fully saturated rings. The van der Waals surface area contributed by atoms with E-state index in [0.29, 0.717) is 4.60 Å². The normalized spacial score (nSPS) is 11.8. The number of fused-ring (bicyclic) bond motifs is 2. The molecule has 0 atom stereocenters. The number of nitrogens with zero attached hydrogens (tertiary/aromatic N) is 3. The van der Waals surface area contributed by atoms with Crippen molar-refractivity contribution in [3.05, 3.63) is 155 Å². The third-order valence-corrected chi connectivity index (χ3v) is 7.60. The SMILES string of the molecule is Brc1cnc2c(n1)c(-c1cc3ccccc3[nH]1)cn2C(c1ccccc1)(c1ccccc1)c1ccccc1. The van der Waals surface area contributed by atoms with Gasteiger partial charge in [-0.15, -0.1) is 0 Å². The zero-order valence-electron chi connectivity index (χ0n) is 20.4. The Morgan fingerprint density at radius 3 is 1.82 bits per heavy atom. The van der Waals surface area contributed by atoms with Crippen LogP contribution in [0, 0.1) is 0 Å². The molecule has 5 heteroatoms. The number of halogens is 1. The van der Waals surface area contributed by atoms with Crippen molar-refractivity contribution in [2.24, 2.45) is 0 Å². The fourth-order valence-corrected chi connectivity index (χ4v) is 5.88. The average molecular weight is 555 g/mol. The Labute approximate surface area is 228 Å². The van der Waals surface area contributed by atoms with Gasteiger partial charge in [-0.25, -0.2) is 9.97 Å². The molecular formula is C33H23BrN4. The molecule has 0 aliphatic heterocycles. The highest BCUT2D eigenvalue weighted by atomic mass is 79.9. The monoisotopic (exact) mass is 554 g/mol. The Hall–Kier alpha value is -4.48. The molecule has 0 saturated carbocycles. The zero-order chi connectivity index (χ0) is 25.5. The summed E-state index contributed by atoms with van der Waals surface area (Å²) in [6.07, 6.45) is 3.98.